The zero-order valence-electron chi connectivity index (χ0n) is 8.53. The van der Waals surface area contributed by atoms with Gasteiger partial charge in [-0.15, -0.1) is 0 Å². The molecular weight excluding hydrogens is 245 g/mol. The fourth-order valence-corrected chi connectivity index (χ4v) is 2.01. The minimum absolute atomic E-state index is 0.572. The van der Waals surface area contributed by atoms with Crippen molar-refractivity contribution in [3.63, 3.8) is 0 Å². The second-order valence-electron chi connectivity index (χ2n) is 3.39. The van der Waals surface area contributed by atoms with Gasteiger partial charge in [-0.05, 0) is 24.6 Å². The third kappa shape index (κ3) is 2.21. The average molecular weight is 256 g/mol. The number of nitrogens with two attached hydrogens (primary N) is 1. The molecule has 0 aliphatic rings. The molecule has 0 amide bonds. The van der Waals surface area contributed by atoms with E-state index in [1.807, 2.05) is 18.2 Å². The highest BCUT2D eigenvalue weighted by Crippen LogP contribution is 2.25. The van der Waals surface area contributed by atoms with Gasteiger partial charge in [-0.25, -0.2) is 4.68 Å². The van der Waals surface area contributed by atoms with Gasteiger partial charge in [-0.2, -0.15) is 5.10 Å². The molecule has 1 heterocycles. The van der Waals surface area contributed by atoms with Crippen LogP contribution in [0.15, 0.2) is 30.6 Å². The molecule has 2 aromatic rings. The number of hydrogen-bond acceptors (Lipinski definition) is 2. The van der Waals surface area contributed by atoms with Gasteiger partial charge in [0, 0.05) is 6.20 Å². The first-order chi connectivity index (χ1) is 7.72. The van der Waals surface area contributed by atoms with Crippen LogP contribution in [0.5, 0.6) is 0 Å². The van der Waals surface area contributed by atoms with Crippen molar-refractivity contribution >= 4 is 23.2 Å². The van der Waals surface area contributed by atoms with E-state index in [0.29, 0.717) is 16.6 Å². The highest BCUT2D eigenvalue weighted by atomic mass is 35.5. The van der Waals surface area contributed by atoms with Crippen molar-refractivity contribution in [2.45, 2.75) is 6.42 Å². The predicted molar refractivity (Wildman–Crippen MR) is 66.3 cm³/mol. The molecule has 0 saturated carbocycles. The van der Waals surface area contributed by atoms with Crippen molar-refractivity contribution in [2.24, 2.45) is 5.73 Å². The van der Waals surface area contributed by atoms with Gasteiger partial charge in [0.1, 0.15) is 0 Å². The molecule has 84 valence electrons. The Hall–Kier alpha value is -1.03. The zero-order valence-corrected chi connectivity index (χ0v) is 10.0. The van der Waals surface area contributed by atoms with Crippen molar-refractivity contribution in [3.05, 3.63) is 46.2 Å². The summed E-state index contributed by atoms with van der Waals surface area (Å²) in [4.78, 5) is 0. The van der Waals surface area contributed by atoms with Crippen LogP contribution in [0.1, 0.15) is 5.56 Å². The summed E-state index contributed by atoms with van der Waals surface area (Å²) in [7, 11) is 0. The Morgan fingerprint density at radius 2 is 2.12 bits per heavy atom. The molecule has 2 rings (SSSR count). The Kier molecular flexibility index (Phi) is 3.49. The largest absolute Gasteiger partial charge is 0.330 e. The molecule has 16 heavy (non-hydrogen) atoms. The number of rotatable bonds is 3. The molecule has 0 atom stereocenters. The molecule has 0 fully saturated rings. The fraction of sp³-hybridized carbons (Fsp3) is 0.182. The highest BCUT2D eigenvalue weighted by Gasteiger charge is 2.09. The molecular formula is C11H11Cl2N3. The maximum atomic E-state index is 6.16. The molecule has 1 aromatic heterocycles. The first kappa shape index (κ1) is 11.5. The summed E-state index contributed by atoms with van der Waals surface area (Å²) in [5.41, 5.74) is 7.48. The second kappa shape index (κ2) is 4.87. The van der Waals surface area contributed by atoms with E-state index in [0.717, 1.165) is 17.7 Å². The third-order valence-corrected chi connectivity index (χ3v) is 2.76. The summed E-state index contributed by atoms with van der Waals surface area (Å²) in [5, 5.41) is 5.38. The quantitative estimate of drug-likeness (QED) is 0.917. The minimum Gasteiger partial charge on any atom is -0.330 e. The maximum Gasteiger partial charge on any atom is 0.0864 e. The lowest BCUT2D eigenvalue weighted by atomic mass is 10.1. The van der Waals surface area contributed by atoms with Crippen molar-refractivity contribution in [1.82, 2.24) is 9.78 Å². The monoisotopic (exact) mass is 255 g/mol. The van der Waals surface area contributed by atoms with Crippen molar-refractivity contribution in [3.8, 4) is 5.69 Å². The van der Waals surface area contributed by atoms with Crippen LogP contribution < -0.4 is 5.73 Å². The molecule has 0 aliphatic carbocycles. The molecule has 3 nitrogen and oxygen atoms in total. The van der Waals surface area contributed by atoms with Crippen molar-refractivity contribution in [1.29, 1.82) is 0 Å². The van der Waals surface area contributed by atoms with Gasteiger partial charge >= 0.3 is 0 Å². The summed E-state index contributed by atoms with van der Waals surface area (Å²) in [5.74, 6) is 0. The molecule has 2 N–H and O–H groups in total. The summed E-state index contributed by atoms with van der Waals surface area (Å²) in [6.07, 6.45) is 4.06. The first-order valence-corrected chi connectivity index (χ1v) is 5.66. The van der Waals surface area contributed by atoms with Gasteiger partial charge in [-0.1, -0.05) is 35.3 Å². The fourth-order valence-electron chi connectivity index (χ4n) is 1.60. The first-order valence-electron chi connectivity index (χ1n) is 4.90. The van der Waals surface area contributed by atoms with Gasteiger partial charge < -0.3 is 5.73 Å². The van der Waals surface area contributed by atoms with Gasteiger partial charge in [0.25, 0.3) is 0 Å². The molecule has 0 aliphatic heterocycles. The standard InChI is InChI=1S/C11H11Cl2N3/c12-9-6-15-16(7-9)11-8(4-5-14)2-1-3-10(11)13/h1-3,6-7H,4-5,14H2. The molecule has 0 unspecified atom stereocenters. The van der Waals surface area contributed by atoms with E-state index in [2.05, 4.69) is 5.10 Å². The van der Waals surface area contributed by atoms with Crippen LogP contribution in [-0.4, -0.2) is 16.3 Å². The average Bonchev–Trinajstić information content (AvgIpc) is 2.65. The normalized spacial score (nSPS) is 10.7. The van der Waals surface area contributed by atoms with Gasteiger partial charge in [-0.3, -0.25) is 0 Å². The van der Waals surface area contributed by atoms with Crippen LogP contribution in [0.2, 0.25) is 10.0 Å². The molecule has 0 bridgehead atoms. The number of aromatic nitrogens is 2. The number of hydrogen-bond donors (Lipinski definition) is 1. The summed E-state index contributed by atoms with van der Waals surface area (Å²) >= 11 is 12.0. The Bertz CT molecular complexity index is 494. The van der Waals surface area contributed by atoms with Gasteiger partial charge in [0.2, 0.25) is 0 Å². The van der Waals surface area contributed by atoms with E-state index in [-0.39, 0.29) is 0 Å². The van der Waals surface area contributed by atoms with E-state index >= 15 is 0 Å². The maximum absolute atomic E-state index is 6.16. The molecule has 0 saturated heterocycles. The van der Waals surface area contributed by atoms with Crippen LogP contribution in [0, 0.1) is 0 Å². The van der Waals surface area contributed by atoms with E-state index in [4.69, 9.17) is 28.9 Å². The van der Waals surface area contributed by atoms with E-state index in [1.165, 1.54) is 0 Å². The smallest absolute Gasteiger partial charge is 0.0864 e. The Balaban J connectivity index is 2.53. The number of para-hydroxylation sites is 1. The van der Waals surface area contributed by atoms with Crippen LogP contribution in [-0.2, 0) is 6.42 Å². The Morgan fingerprint density at radius 3 is 2.75 bits per heavy atom. The van der Waals surface area contributed by atoms with Gasteiger partial charge in [0.15, 0.2) is 0 Å². The van der Waals surface area contributed by atoms with Crippen molar-refractivity contribution < 1.29 is 0 Å². The van der Waals surface area contributed by atoms with Gasteiger partial charge in [0.05, 0.1) is 21.9 Å². The SMILES string of the molecule is NCCc1cccc(Cl)c1-n1cc(Cl)cn1. The minimum atomic E-state index is 0.572. The number of halogens is 2. The van der Waals surface area contributed by atoms with E-state index in [9.17, 15) is 0 Å². The topological polar surface area (TPSA) is 43.8 Å². The van der Waals surface area contributed by atoms with Crippen LogP contribution >= 0.6 is 23.2 Å². The molecule has 0 spiro atoms. The zero-order chi connectivity index (χ0) is 11.5. The van der Waals surface area contributed by atoms with Crippen LogP contribution in [0.4, 0.5) is 0 Å². The van der Waals surface area contributed by atoms with E-state index in [1.54, 1.807) is 17.1 Å². The Morgan fingerprint density at radius 1 is 1.31 bits per heavy atom. The Labute approximate surface area is 104 Å². The lowest BCUT2D eigenvalue weighted by molar-refractivity contribution is 0.851. The third-order valence-electron chi connectivity index (χ3n) is 2.26. The lowest BCUT2D eigenvalue weighted by Crippen LogP contribution is -2.07. The van der Waals surface area contributed by atoms with Crippen LogP contribution in [0.25, 0.3) is 5.69 Å². The predicted octanol–water partition coefficient (Wildman–Crippen LogP) is 2.68. The van der Waals surface area contributed by atoms with Crippen molar-refractivity contribution in [2.75, 3.05) is 6.54 Å². The summed E-state index contributed by atoms with van der Waals surface area (Å²) in [6.45, 7) is 0.572. The van der Waals surface area contributed by atoms with E-state index < -0.39 is 0 Å². The lowest BCUT2D eigenvalue weighted by Gasteiger charge is -2.10. The van der Waals surface area contributed by atoms with Crippen LogP contribution in [0.3, 0.4) is 0 Å². The molecule has 5 heteroatoms. The molecule has 0 radical (unpaired) electrons. The summed E-state index contributed by atoms with van der Waals surface area (Å²) in [6, 6.07) is 5.72. The number of benzene rings is 1. The summed E-state index contributed by atoms with van der Waals surface area (Å²) < 4.78 is 1.68. The number of nitrogens with zero attached hydrogens (tertiary/aromatic N) is 2. The second-order valence-corrected chi connectivity index (χ2v) is 4.23. The highest BCUT2D eigenvalue weighted by molar-refractivity contribution is 6.32. The molecule has 1 aromatic carbocycles.